The third kappa shape index (κ3) is 3.55. The lowest BCUT2D eigenvalue weighted by atomic mass is 9.90. The molecule has 0 saturated carbocycles. The van der Waals surface area contributed by atoms with Gasteiger partial charge in [0, 0.05) is 18.5 Å². The molecule has 5 nitrogen and oxygen atoms in total. The number of methoxy groups -OCH3 is 2. The molecular formula is C20H23NO4. The number of nitrogens with one attached hydrogen (secondary N) is 1. The largest absolute Gasteiger partial charge is 0.496 e. The van der Waals surface area contributed by atoms with Crippen LogP contribution in [0.25, 0.3) is 0 Å². The zero-order chi connectivity index (χ0) is 17.8. The Labute approximate surface area is 147 Å². The fourth-order valence-electron chi connectivity index (χ4n) is 3.28. The Morgan fingerprint density at radius 2 is 2.00 bits per heavy atom. The van der Waals surface area contributed by atoms with Crippen molar-refractivity contribution in [2.45, 2.75) is 12.8 Å². The predicted octanol–water partition coefficient (Wildman–Crippen LogP) is 2.86. The molecule has 25 heavy (non-hydrogen) atoms. The molecule has 0 saturated heterocycles. The number of hydrogen-bond acceptors (Lipinski definition) is 4. The molecule has 0 fully saturated rings. The smallest absolute Gasteiger partial charge is 0.251 e. The molecule has 2 aromatic carbocycles. The molecule has 1 atom stereocenters. The second-order valence-corrected chi connectivity index (χ2v) is 6.14. The monoisotopic (exact) mass is 341 g/mol. The summed E-state index contributed by atoms with van der Waals surface area (Å²) in [5.74, 6) is 2.62. The van der Waals surface area contributed by atoms with Gasteiger partial charge in [0.2, 0.25) is 0 Å². The molecule has 1 aliphatic heterocycles. The minimum Gasteiger partial charge on any atom is -0.496 e. The molecule has 1 N–H and O–H groups in total. The fourth-order valence-corrected chi connectivity index (χ4v) is 3.28. The highest BCUT2D eigenvalue weighted by Crippen LogP contribution is 2.37. The molecular weight excluding hydrogens is 318 g/mol. The molecule has 1 unspecified atom stereocenters. The third-order valence-corrected chi connectivity index (χ3v) is 4.53. The Morgan fingerprint density at radius 3 is 2.72 bits per heavy atom. The number of fused-ring (bicyclic) bond motifs is 1. The summed E-state index contributed by atoms with van der Waals surface area (Å²) in [7, 11) is 4.93. The van der Waals surface area contributed by atoms with Gasteiger partial charge in [-0.15, -0.1) is 0 Å². The first-order valence-corrected chi connectivity index (χ1v) is 8.34. The van der Waals surface area contributed by atoms with Gasteiger partial charge >= 0.3 is 0 Å². The van der Waals surface area contributed by atoms with Crippen LogP contribution in [0.2, 0.25) is 0 Å². The molecule has 2 aromatic rings. The number of amides is 1. The summed E-state index contributed by atoms with van der Waals surface area (Å²) in [5.41, 5.74) is 2.80. The Balaban J connectivity index is 1.82. The van der Waals surface area contributed by atoms with E-state index < -0.39 is 0 Å². The topological polar surface area (TPSA) is 56.8 Å². The first kappa shape index (κ1) is 17.1. The zero-order valence-corrected chi connectivity index (χ0v) is 14.8. The van der Waals surface area contributed by atoms with Crippen LogP contribution in [0.3, 0.4) is 0 Å². The second-order valence-electron chi connectivity index (χ2n) is 6.14. The minimum atomic E-state index is -0.0983. The van der Waals surface area contributed by atoms with E-state index in [1.807, 2.05) is 24.3 Å². The molecule has 5 heteroatoms. The quantitative estimate of drug-likeness (QED) is 0.909. The Morgan fingerprint density at radius 1 is 1.20 bits per heavy atom. The van der Waals surface area contributed by atoms with Crippen LogP contribution >= 0.6 is 0 Å². The minimum absolute atomic E-state index is 0.0983. The van der Waals surface area contributed by atoms with Gasteiger partial charge < -0.3 is 19.5 Å². The lowest BCUT2D eigenvalue weighted by molar-refractivity contribution is 0.0963. The third-order valence-electron chi connectivity index (χ3n) is 4.53. The SMILES string of the molecule is CNC(=O)c1ccc(OC)c(CC2COc3c(cccc3OC)C2)c1. The van der Waals surface area contributed by atoms with E-state index in [0.29, 0.717) is 18.1 Å². The summed E-state index contributed by atoms with van der Waals surface area (Å²) in [6.07, 6.45) is 1.69. The molecule has 1 amide bonds. The van der Waals surface area contributed by atoms with Crippen molar-refractivity contribution in [3.05, 3.63) is 53.1 Å². The summed E-state index contributed by atoms with van der Waals surface area (Å²) in [6, 6.07) is 11.5. The maximum Gasteiger partial charge on any atom is 0.251 e. The number of rotatable bonds is 5. The van der Waals surface area contributed by atoms with E-state index in [9.17, 15) is 4.79 Å². The Kier molecular flexibility index (Phi) is 5.12. The molecule has 0 spiro atoms. The second kappa shape index (κ2) is 7.47. The van der Waals surface area contributed by atoms with Crippen LogP contribution in [0, 0.1) is 5.92 Å². The maximum atomic E-state index is 11.9. The van der Waals surface area contributed by atoms with Crippen molar-refractivity contribution < 1.29 is 19.0 Å². The molecule has 0 aromatic heterocycles. The highest BCUT2D eigenvalue weighted by Gasteiger charge is 2.24. The van der Waals surface area contributed by atoms with Gasteiger partial charge in [0.05, 0.1) is 20.8 Å². The molecule has 0 radical (unpaired) electrons. The molecule has 0 bridgehead atoms. The van der Waals surface area contributed by atoms with Crippen molar-refractivity contribution in [2.24, 2.45) is 5.92 Å². The van der Waals surface area contributed by atoms with E-state index in [4.69, 9.17) is 14.2 Å². The van der Waals surface area contributed by atoms with Crippen molar-refractivity contribution in [3.63, 3.8) is 0 Å². The summed E-state index contributed by atoms with van der Waals surface area (Å²) in [6.45, 7) is 0.612. The first-order chi connectivity index (χ1) is 12.2. The van der Waals surface area contributed by atoms with Crippen molar-refractivity contribution in [1.82, 2.24) is 5.32 Å². The normalized spacial score (nSPS) is 15.7. The van der Waals surface area contributed by atoms with Gasteiger partial charge in [-0.25, -0.2) is 0 Å². The van der Waals surface area contributed by atoms with Crippen LogP contribution in [0.5, 0.6) is 17.2 Å². The van der Waals surface area contributed by atoms with Crippen molar-refractivity contribution >= 4 is 5.91 Å². The standard InChI is InChI=1S/C20H23NO4/c1-21-20(22)15-7-8-17(23-2)16(11-15)10-13-9-14-5-4-6-18(24-3)19(14)25-12-13/h4-8,11,13H,9-10,12H2,1-3H3,(H,21,22). The summed E-state index contributed by atoms with van der Waals surface area (Å²) in [5, 5.41) is 2.66. The number of para-hydroxylation sites is 1. The number of carbonyl (C=O) groups is 1. The molecule has 0 aliphatic carbocycles. The fraction of sp³-hybridized carbons (Fsp3) is 0.350. The van der Waals surface area contributed by atoms with E-state index in [1.165, 1.54) is 0 Å². The van der Waals surface area contributed by atoms with Crippen LogP contribution in [0.1, 0.15) is 21.5 Å². The summed E-state index contributed by atoms with van der Waals surface area (Å²) in [4.78, 5) is 11.9. The van der Waals surface area contributed by atoms with E-state index in [-0.39, 0.29) is 5.91 Å². The van der Waals surface area contributed by atoms with E-state index in [2.05, 4.69) is 11.4 Å². The number of carbonyl (C=O) groups excluding carboxylic acids is 1. The molecule has 1 heterocycles. The van der Waals surface area contributed by atoms with E-state index in [0.717, 1.165) is 41.2 Å². The molecule has 1 aliphatic rings. The average molecular weight is 341 g/mol. The van der Waals surface area contributed by atoms with Gasteiger partial charge in [-0.2, -0.15) is 0 Å². The number of ether oxygens (including phenoxy) is 3. The van der Waals surface area contributed by atoms with Gasteiger partial charge in [0.25, 0.3) is 5.91 Å². The Bertz CT molecular complexity index is 772. The van der Waals surface area contributed by atoms with Crippen LogP contribution in [0.4, 0.5) is 0 Å². The summed E-state index contributed by atoms with van der Waals surface area (Å²) >= 11 is 0. The van der Waals surface area contributed by atoms with Crippen LogP contribution < -0.4 is 19.5 Å². The highest BCUT2D eigenvalue weighted by molar-refractivity contribution is 5.94. The van der Waals surface area contributed by atoms with Crippen molar-refractivity contribution in [1.29, 1.82) is 0 Å². The van der Waals surface area contributed by atoms with E-state index in [1.54, 1.807) is 27.3 Å². The highest BCUT2D eigenvalue weighted by atomic mass is 16.5. The lowest BCUT2D eigenvalue weighted by Gasteiger charge is -2.27. The maximum absolute atomic E-state index is 11.9. The predicted molar refractivity (Wildman–Crippen MR) is 95.8 cm³/mol. The van der Waals surface area contributed by atoms with E-state index >= 15 is 0 Å². The summed E-state index contributed by atoms with van der Waals surface area (Å²) < 4.78 is 16.8. The van der Waals surface area contributed by atoms with Crippen molar-refractivity contribution in [3.8, 4) is 17.2 Å². The van der Waals surface area contributed by atoms with Gasteiger partial charge in [0.15, 0.2) is 11.5 Å². The van der Waals surface area contributed by atoms with Crippen LogP contribution in [0.15, 0.2) is 36.4 Å². The number of hydrogen-bond donors (Lipinski definition) is 1. The average Bonchev–Trinajstić information content (AvgIpc) is 2.66. The van der Waals surface area contributed by atoms with Crippen LogP contribution in [-0.4, -0.2) is 33.8 Å². The van der Waals surface area contributed by atoms with Gasteiger partial charge in [-0.1, -0.05) is 12.1 Å². The van der Waals surface area contributed by atoms with Crippen LogP contribution in [-0.2, 0) is 12.8 Å². The van der Waals surface area contributed by atoms with Gasteiger partial charge in [-0.05, 0) is 48.2 Å². The molecule has 132 valence electrons. The zero-order valence-electron chi connectivity index (χ0n) is 14.8. The Hall–Kier alpha value is -2.69. The van der Waals surface area contributed by atoms with Gasteiger partial charge in [-0.3, -0.25) is 4.79 Å². The van der Waals surface area contributed by atoms with Gasteiger partial charge in [0.1, 0.15) is 5.75 Å². The number of benzene rings is 2. The van der Waals surface area contributed by atoms with Crippen molar-refractivity contribution in [2.75, 3.05) is 27.9 Å². The lowest BCUT2D eigenvalue weighted by Crippen LogP contribution is -2.24. The first-order valence-electron chi connectivity index (χ1n) is 8.34. The molecule has 3 rings (SSSR count).